The van der Waals surface area contributed by atoms with E-state index in [2.05, 4.69) is 10.6 Å². The minimum atomic E-state index is -0.552. The van der Waals surface area contributed by atoms with Crippen LogP contribution in [0, 0.1) is 0 Å². The summed E-state index contributed by atoms with van der Waals surface area (Å²) in [6.45, 7) is 1.92. The summed E-state index contributed by atoms with van der Waals surface area (Å²) in [5.41, 5.74) is -0.552. The van der Waals surface area contributed by atoms with E-state index in [0.717, 1.165) is 12.8 Å². The molecule has 3 heteroatoms. The van der Waals surface area contributed by atoms with Crippen LogP contribution >= 0.6 is 0 Å². The predicted molar refractivity (Wildman–Crippen MR) is 43.4 cm³/mol. The molecule has 0 aromatic heterocycles. The molecular weight excluding hydrogens is 140 g/mol. The van der Waals surface area contributed by atoms with E-state index in [1.807, 2.05) is 14.0 Å². The van der Waals surface area contributed by atoms with Crippen molar-refractivity contribution in [3.63, 3.8) is 0 Å². The van der Waals surface area contributed by atoms with Gasteiger partial charge in [-0.3, -0.25) is 0 Å². The molecular formula is C8H16N2O. The van der Waals surface area contributed by atoms with Gasteiger partial charge in [-0.05, 0) is 26.8 Å². The minimum absolute atomic E-state index is 0.271. The van der Waals surface area contributed by atoms with Gasteiger partial charge in [0.15, 0.2) is 0 Å². The van der Waals surface area contributed by atoms with Crippen LogP contribution in [0.5, 0.6) is 0 Å². The van der Waals surface area contributed by atoms with E-state index < -0.39 is 5.60 Å². The van der Waals surface area contributed by atoms with Crippen molar-refractivity contribution in [3.05, 3.63) is 0 Å². The first-order valence-electron chi connectivity index (χ1n) is 4.30. The quantitative estimate of drug-likeness (QED) is 0.478. The molecule has 3 N–H and O–H groups in total. The molecule has 11 heavy (non-hydrogen) atoms. The molecule has 2 aliphatic heterocycles. The highest BCUT2D eigenvalue weighted by Gasteiger charge is 2.51. The lowest BCUT2D eigenvalue weighted by Gasteiger charge is -2.55. The van der Waals surface area contributed by atoms with Crippen molar-refractivity contribution < 1.29 is 5.11 Å². The molecule has 64 valence electrons. The fourth-order valence-corrected chi connectivity index (χ4v) is 2.29. The van der Waals surface area contributed by atoms with Crippen molar-refractivity contribution >= 4 is 0 Å². The van der Waals surface area contributed by atoms with Gasteiger partial charge in [0.25, 0.3) is 0 Å². The molecule has 0 radical (unpaired) electrons. The fraction of sp³-hybridized carbons (Fsp3) is 1.00. The highest BCUT2D eigenvalue weighted by atomic mass is 16.3. The van der Waals surface area contributed by atoms with Crippen LogP contribution in [-0.4, -0.2) is 35.9 Å². The smallest absolute Gasteiger partial charge is 0.0925 e. The van der Waals surface area contributed by atoms with Gasteiger partial charge >= 0.3 is 0 Å². The molecule has 3 fully saturated rings. The van der Waals surface area contributed by atoms with Gasteiger partial charge in [-0.2, -0.15) is 0 Å². The number of fused-ring (bicyclic) bond motifs is 2. The van der Waals surface area contributed by atoms with Crippen LogP contribution in [0.3, 0.4) is 0 Å². The summed E-state index contributed by atoms with van der Waals surface area (Å²) in [6.07, 6.45) is 2.20. The Morgan fingerprint density at radius 3 is 2.55 bits per heavy atom. The molecule has 3 aliphatic rings. The van der Waals surface area contributed by atoms with Crippen LogP contribution < -0.4 is 10.6 Å². The van der Waals surface area contributed by atoms with Crippen molar-refractivity contribution in [3.8, 4) is 0 Å². The summed E-state index contributed by atoms with van der Waals surface area (Å²) in [7, 11) is 1.92. The van der Waals surface area contributed by atoms with Crippen molar-refractivity contribution in [1.29, 1.82) is 0 Å². The van der Waals surface area contributed by atoms with Crippen LogP contribution in [0.15, 0.2) is 0 Å². The molecule has 3 rings (SSSR count). The summed E-state index contributed by atoms with van der Waals surface area (Å²) in [5, 5.41) is 16.5. The SMILES string of the molecule is CNC1C[C@@H]2C[C@@H](N2)C1(C)O. The summed E-state index contributed by atoms with van der Waals surface area (Å²) in [5.74, 6) is 0. The van der Waals surface area contributed by atoms with Crippen LogP contribution in [0.4, 0.5) is 0 Å². The maximum Gasteiger partial charge on any atom is 0.0925 e. The van der Waals surface area contributed by atoms with E-state index in [-0.39, 0.29) is 6.04 Å². The molecule has 2 unspecified atom stereocenters. The van der Waals surface area contributed by atoms with Crippen LogP contribution in [0.1, 0.15) is 19.8 Å². The molecule has 4 atom stereocenters. The topological polar surface area (TPSA) is 44.3 Å². The van der Waals surface area contributed by atoms with E-state index in [1.54, 1.807) is 0 Å². The van der Waals surface area contributed by atoms with Crippen molar-refractivity contribution in [2.45, 2.75) is 43.5 Å². The Morgan fingerprint density at radius 2 is 2.18 bits per heavy atom. The lowest BCUT2D eigenvalue weighted by atomic mass is 9.69. The highest BCUT2D eigenvalue weighted by Crippen LogP contribution is 2.35. The number of hydrogen-bond acceptors (Lipinski definition) is 3. The average Bonchev–Trinajstić information content (AvgIpc) is 1.83. The maximum absolute atomic E-state index is 10.0. The minimum Gasteiger partial charge on any atom is -0.387 e. The number of hydrogen-bond donors (Lipinski definition) is 3. The van der Waals surface area contributed by atoms with Crippen molar-refractivity contribution in [1.82, 2.24) is 10.6 Å². The number of rotatable bonds is 1. The predicted octanol–water partition coefficient (Wildman–Crippen LogP) is -0.540. The van der Waals surface area contributed by atoms with Gasteiger partial charge < -0.3 is 15.7 Å². The molecule has 2 heterocycles. The summed E-state index contributed by atoms with van der Waals surface area (Å²) in [4.78, 5) is 0. The molecule has 0 amide bonds. The van der Waals surface area contributed by atoms with Crippen LogP contribution in [0.2, 0.25) is 0 Å². The van der Waals surface area contributed by atoms with Crippen molar-refractivity contribution in [2.75, 3.05) is 7.05 Å². The van der Waals surface area contributed by atoms with Crippen LogP contribution in [-0.2, 0) is 0 Å². The number of piperidine rings is 1. The Balaban J connectivity index is 2.12. The van der Waals surface area contributed by atoms with Crippen molar-refractivity contribution in [2.24, 2.45) is 0 Å². The lowest BCUT2D eigenvalue weighted by molar-refractivity contribution is -0.0897. The first-order valence-corrected chi connectivity index (χ1v) is 4.30. The van der Waals surface area contributed by atoms with E-state index in [1.165, 1.54) is 0 Å². The molecule has 0 spiro atoms. The standard InChI is InChI=1S/C8H16N2O/c1-8(11)6(9-2)3-5-4-7(8)10-5/h5-7,9-11H,3-4H2,1-2H3/t5-,6?,7-,8?/m1/s1. The first-order chi connectivity index (χ1) is 5.14. The third kappa shape index (κ3) is 0.916. The molecule has 1 aliphatic carbocycles. The average molecular weight is 156 g/mol. The van der Waals surface area contributed by atoms with Crippen LogP contribution in [0.25, 0.3) is 0 Å². The lowest BCUT2D eigenvalue weighted by Crippen LogP contribution is -2.75. The first kappa shape index (κ1) is 7.53. The third-order valence-electron chi connectivity index (χ3n) is 3.24. The van der Waals surface area contributed by atoms with Gasteiger partial charge in [0.1, 0.15) is 0 Å². The summed E-state index contributed by atoms with van der Waals surface area (Å²) < 4.78 is 0. The second kappa shape index (κ2) is 2.19. The molecule has 2 saturated heterocycles. The summed E-state index contributed by atoms with van der Waals surface area (Å²) >= 11 is 0. The maximum atomic E-state index is 10.0. The zero-order valence-electron chi connectivity index (χ0n) is 7.09. The molecule has 0 aromatic carbocycles. The van der Waals surface area contributed by atoms with Gasteiger partial charge in [0.05, 0.1) is 5.60 Å². The second-order valence-corrected chi connectivity index (χ2v) is 3.95. The Kier molecular flexibility index (Phi) is 1.50. The Hall–Kier alpha value is -0.120. The van der Waals surface area contributed by atoms with E-state index in [9.17, 15) is 5.11 Å². The summed E-state index contributed by atoms with van der Waals surface area (Å²) in [6, 6.07) is 1.24. The van der Waals surface area contributed by atoms with Gasteiger partial charge in [-0.25, -0.2) is 0 Å². The zero-order valence-corrected chi connectivity index (χ0v) is 7.09. The number of aliphatic hydroxyl groups is 1. The fourth-order valence-electron chi connectivity index (χ4n) is 2.29. The van der Waals surface area contributed by atoms with Gasteiger partial charge in [0, 0.05) is 18.1 Å². The molecule has 3 nitrogen and oxygen atoms in total. The Labute approximate surface area is 67.2 Å². The second-order valence-electron chi connectivity index (χ2n) is 3.95. The van der Waals surface area contributed by atoms with Gasteiger partial charge in [-0.15, -0.1) is 0 Å². The van der Waals surface area contributed by atoms with E-state index in [4.69, 9.17) is 0 Å². The molecule has 2 bridgehead atoms. The monoisotopic (exact) mass is 156 g/mol. The van der Waals surface area contributed by atoms with Gasteiger partial charge in [0.2, 0.25) is 0 Å². The van der Waals surface area contributed by atoms with Gasteiger partial charge in [-0.1, -0.05) is 0 Å². The zero-order chi connectivity index (χ0) is 8.06. The molecule has 0 aromatic rings. The largest absolute Gasteiger partial charge is 0.387 e. The van der Waals surface area contributed by atoms with E-state index in [0.29, 0.717) is 12.1 Å². The van der Waals surface area contributed by atoms with E-state index >= 15 is 0 Å². The highest BCUT2D eigenvalue weighted by molar-refractivity contribution is 5.12. The Morgan fingerprint density at radius 1 is 1.55 bits per heavy atom. The Bertz CT molecular complexity index is 163. The normalized spacial score (nSPS) is 55.4. The number of likely N-dealkylation sites (N-methyl/N-ethyl adjacent to an activating group) is 1. The molecule has 1 saturated carbocycles. The number of nitrogens with one attached hydrogen (secondary N) is 2. The third-order valence-corrected chi connectivity index (χ3v) is 3.24.